The number of phenols is 2. The highest BCUT2D eigenvalue weighted by Crippen LogP contribution is 2.22. The maximum absolute atomic E-state index is 12.1. The third-order valence-corrected chi connectivity index (χ3v) is 2.71. The smallest absolute Gasteiger partial charge is 0.123 e. The summed E-state index contributed by atoms with van der Waals surface area (Å²) in [4.78, 5) is 0. The minimum Gasteiger partial charge on any atom is -0.508 e. The Bertz CT molecular complexity index is 548. The lowest BCUT2D eigenvalue weighted by Crippen LogP contribution is -2.12. The third-order valence-electron chi connectivity index (χ3n) is 2.71. The van der Waals surface area contributed by atoms with Gasteiger partial charge in [-0.2, -0.15) is 5.10 Å². The van der Waals surface area contributed by atoms with Crippen LogP contribution >= 0.6 is 12.4 Å². The number of aryl methyl sites for hydroxylation is 1. The molecule has 110 valence electrons. The molecule has 0 fully saturated rings. The average Bonchev–Trinajstić information content (AvgIpc) is 2.80. The topological polar surface area (TPSA) is 70.3 Å². The highest BCUT2D eigenvalue weighted by molar-refractivity contribution is 5.85. The van der Waals surface area contributed by atoms with Gasteiger partial charge in [-0.15, -0.1) is 12.4 Å². The molecule has 2 rings (SSSR count). The van der Waals surface area contributed by atoms with E-state index in [1.807, 2.05) is 0 Å². The van der Waals surface area contributed by atoms with Gasteiger partial charge in [0.1, 0.15) is 18.2 Å². The van der Waals surface area contributed by atoms with Crippen molar-refractivity contribution in [3.8, 4) is 11.5 Å². The van der Waals surface area contributed by atoms with Crippen molar-refractivity contribution < 1.29 is 14.6 Å². The number of benzene rings is 1. The number of aromatic hydroxyl groups is 2. The number of hydrogen-bond donors (Lipinski definition) is 3. The molecule has 0 aliphatic carbocycles. The van der Waals surface area contributed by atoms with E-state index in [1.54, 1.807) is 23.1 Å². The lowest BCUT2D eigenvalue weighted by molar-refractivity contribution is 0.427. The molecule has 0 spiro atoms. The van der Waals surface area contributed by atoms with Crippen LogP contribution in [-0.2, 0) is 19.6 Å². The van der Waals surface area contributed by atoms with Crippen molar-refractivity contribution in [1.82, 2.24) is 15.1 Å². The van der Waals surface area contributed by atoms with Crippen LogP contribution in [0.25, 0.3) is 0 Å². The molecule has 5 nitrogen and oxygen atoms in total. The van der Waals surface area contributed by atoms with Crippen LogP contribution in [0, 0.1) is 0 Å². The minimum atomic E-state index is -0.435. The molecule has 0 unspecified atom stereocenters. The molecule has 0 radical (unpaired) electrons. The Kier molecular flexibility index (Phi) is 6.27. The molecule has 0 atom stereocenters. The second kappa shape index (κ2) is 7.72. The molecule has 1 heterocycles. The standard InChI is InChI=1S/C13H16FN3O2.ClH/c14-3-4-17-9-10(7-16-17)6-15-8-11-1-2-12(18)5-13(11)19;/h1-2,5,7,9,15,18-19H,3-4,6,8H2;1H. The fourth-order valence-electron chi connectivity index (χ4n) is 1.75. The summed E-state index contributed by atoms with van der Waals surface area (Å²) in [5, 5.41) is 25.9. The summed E-state index contributed by atoms with van der Waals surface area (Å²) in [6.07, 6.45) is 3.46. The molecule has 1 aromatic heterocycles. The normalized spacial score (nSPS) is 10.2. The van der Waals surface area contributed by atoms with Gasteiger partial charge in [-0.05, 0) is 6.07 Å². The van der Waals surface area contributed by atoms with E-state index >= 15 is 0 Å². The van der Waals surface area contributed by atoms with Crippen LogP contribution in [0.1, 0.15) is 11.1 Å². The number of nitrogens with zero attached hydrogens (tertiary/aromatic N) is 2. The Balaban J connectivity index is 0.00000200. The minimum absolute atomic E-state index is 0. The predicted molar refractivity (Wildman–Crippen MR) is 75.8 cm³/mol. The summed E-state index contributed by atoms with van der Waals surface area (Å²) in [7, 11) is 0. The Hall–Kier alpha value is -1.79. The molecule has 1 aromatic carbocycles. The lowest BCUT2D eigenvalue weighted by Gasteiger charge is -2.06. The molecule has 0 saturated carbocycles. The van der Waals surface area contributed by atoms with Gasteiger partial charge >= 0.3 is 0 Å². The first-order chi connectivity index (χ1) is 9.19. The molecular formula is C13H17ClFN3O2. The van der Waals surface area contributed by atoms with E-state index < -0.39 is 6.67 Å². The zero-order valence-electron chi connectivity index (χ0n) is 10.8. The van der Waals surface area contributed by atoms with E-state index in [9.17, 15) is 14.6 Å². The first-order valence-corrected chi connectivity index (χ1v) is 5.98. The Morgan fingerprint density at radius 1 is 1.25 bits per heavy atom. The molecule has 2 aromatic rings. The van der Waals surface area contributed by atoms with Crippen LogP contribution in [0.3, 0.4) is 0 Å². The van der Waals surface area contributed by atoms with Crippen molar-refractivity contribution in [2.24, 2.45) is 0 Å². The van der Waals surface area contributed by atoms with Gasteiger partial charge < -0.3 is 15.5 Å². The Morgan fingerprint density at radius 3 is 2.75 bits per heavy atom. The monoisotopic (exact) mass is 301 g/mol. The van der Waals surface area contributed by atoms with E-state index in [1.165, 1.54) is 12.1 Å². The average molecular weight is 302 g/mol. The third kappa shape index (κ3) is 4.40. The van der Waals surface area contributed by atoms with Crippen molar-refractivity contribution in [3.63, 3.8) is 0 Å². The quantitative estimate of drug-likeness (QED) is 0.763. The lowest BCUT2D eigenvalue weighted by atomic mass is 10.2. The van der Waals surface area contributed by atoms with E-state index in [-0.39, 0.29) is 30.5 Å². The number of phenolic OH excluding ortho intramolecular Hbond substituents is 2. The van der Waals surface area contributed by atoms with Crippen molar-refractivity contribution in [3.05, 3.63) is 41.7 Å². The number of aromatic nitrogens is 2. The number of rotatable bonds is 6. The fourth-order valence-corrected chi connectivity index (χ4v) is 1.75. The summed E-state index contributed by atoms with van der Waals surface area (Å²) in [5.41, 5.74) is 1.65. The molecular weight excluding hydrogens is 285 g/mol. The van der Waals surface area contributed by atoms with Crippen molar-refractivity contribution in [1.29, 1.82) is 0 Å². The van der Waals surface area contributed by atoms with E-state index in [2.05, 4.69) is 10.4 Å². The first kappa shape index (κ1) is 16.3. The summed E-state index contributed by atoms with van der Waals surface area (Å²) >= 11 is 0. The molecule has 0 bridgehead atoms. The highest BCUT2D eigenvalue weighted by atomic mass is 35.5. The van der Waals surface area contributed by atoms with Gasteiger partial charge in [0, 0.05) is 36.5 Å². The van der Waals surface area contributed by atoms with Gasteiger partial charge in [0.15, 0.2) is 0 Å². The van der Waals surface area contributed by atoms with Crippen molar-refractivity contribution in [2.45, 2.75) is 19.6 Å². The summed E-state index contributed by atoms with van der Waals surface area (Å²) in [5.74, 6) is 0.0920. The zero-order chi connectivity index (χ0) is 13.7. The largest absolute Gasteiger partial charge is 0.508 e. The van der Waals surface area contributed by atoms with E-state index in [0.29, 0.717) is 18.7 Å². The second-order valence-electron chi connectivity index (χ2n) is 4.22. The molecule has 7 heteroatoms. The van der Waals surface area contributed by atoms with Crippen molar-refractivity contribution >= 4 is 12.4 Å². The van der Waals surface area contributed by atoms with Gasteiger partial charge in [-0.1, -0.05) is 6.07 Å². The van der Waals surface area contributed by atoms with Crippen LogP contribution < -0.4 is 5.32 Å². The van der Waals surface area contributed by atoms with Gasteiger partial charge in [-0.25, -0.2) is 4.39 Å². The van der Waals surface area contributed by atoms with Crippen LogP contribution in [0.4, 0.5) is 4.39 Å². The molecule has 0 saturated heterocycles. The molecule has 3 N–H and O–H groups in total. The number of nitrogens with one attached hydrogen (secondary N) is 1. The molecule has 0 aliphatic rings. The molecule has 0 aliphatic heterocycles. The molecule has 20 heavy (non-hydrogen) atoms. The van der Waals surface area contributed by atoms with Crippen LogP contribution in [0.2, 0.25) is 0 Å². The summed E-state index contributed by atoms with van der Waals surface area (Å²) in [6, 6.07) is 4.48. The van der Waals surface area contributed by atoms with Gasteiger partial charge in [0.2, 0.25) is 0 Å². The fraction of sp³-hybridized carbons (Fsp3) is 0.308. The van der Waals surface area contributed by atoms with Crippen molar-refractivity contribution in [2.75, 3.05) is 6.67 Å². The SMILES string of the molecule is Cl.Oc1ccc(CNCc2cnn(CCF)c2)c(O)c1. The van der Waals surface area contributed by atoms with Gasteiger partial charge in [-0.3, -0.25) is 4.68 Å². The summed E-state index contributed by atoms with van der Waals surface area (Å²) in [6.45, 7) is 0.877. The second-order valence-corrected chi connectivity index (χ2v) is 4.22. The Labute approximate surface area is 122 Å². The zero-order valence-corrected chi connectivity index (χ0v) is 11.6. The van der Waals surface area contributed by atoms with Gasteiger partial charge in [0.05, 0.1) is 12.7 Å². The summed E-state index contributed by atoms with van der Waals surface area (Å²) < 4.78 is 13.7. The first-order valence-electron chi connectivity index (χ1n) is 5.98. The molecule has 0 amide bonds. The van der Waals surface area contributed by atoms with E-state index in [0.717, 1.165) is 5.56 Å². The van der Waals surface area contributed by atoms with Crippen LogP contribution in [-0.4, -0.2) is 26.7 Å². The predicted octanol–water partition coefficient (Wildman–Crippen LogP) is 1.98. The van der Waals surface area contributed by atoms with Crippen LogP contribution in [0.15, 0.2) is 30.6 Å². The number of halogens is 2. The maximum Gasteiger partial charge on any atom is 0.123 e. The van der Waals surface area contributed by atoms with Crippen LogP contribution in [0.5, 0.6) is 11.5 Å². The number of alkyl halides is 1. The Morgan fingerprint density at radius 2 is 2.05 bits per heavy atom. The maximum atomic E-state index is 12.1. The van der Waals surface area contributed by atoms with Gasteiger partial charge in [0.25, 0.3) is 0 Å². The number of hydrogen-bond acceptors (Lipinski definition) is 4. The van der Waals surface area contributed by atoms with E-state index in [4.69, 9.17) is 0 Å². The highest BCUT2D eigenvalue weighted by Gasteiger charge is 2.03.